The van der Waals surface area contributed by atoms with Crippen molar-refractivity contribution < 1.29 is 0 Å². The Hall–Kier alpha value is -1.13. The van der Waals surface area contributed by atoms with Gasteiger partial charge in [-0.2, -0.15) is 0 Å². The summed E-state index contributed by atoms with van der Waals surface area (Å²) in [6.45, 7) is 1.03. The monoisotopic (exact) mass is 292 g/mol. The standard InChI is InChI=1S/C13H13BrN2O/c14-8-3-4-10-9(6-8)13(17)7-12(16-10)11-2-1-5-15-11/h3-4,6-7,11,15H,1-2,5H2,(H,16,17). The van der Waals surface area contributed by atoms with E-state index in [4.69, 9.17) is 0 Å². The predicted molar refractivity (Wildman–Crippen MR) is 72.2 cm³/mol. The van der Waals surface area contributed by atoms with Crippen LogP contribution in [0.3, 0.4) is 0 Å². The lowest BCUT2D eigenvalue weighted by atomic mass is 10.1. The van der Waals surface area contributed by atoms with Crippen LogP contribution < -0.4 is 10.7 Å². The number of rotatable bonds is 1. The van der Waals surface area contributed by atoms with Crippen LogP contribution in [0.2, 0.25) is 0 Å². The molecule has 0 amide bonds. The number of nitrogens with one attached hydrogen (secondary N) is 2. The zero-order chi connectivity index (χ0) is 11.8. The van der Waals surface area contributed by atoms with Gasteiger partial charge in [-0.3, -0.25) is 4.79 Å². The smallest absolute Gasteiger partial charge is 0.189 e. The summed E-state index contributed by atoms with van der Waals surface area (Å²) in [5.74, 6) is 0. The lowest BCUT2D eigenvalue weighted by molar-refractivity contribution is 0.630. The zero-order valence-electron chi connectivity index (χ0n) is 9.29. The summed E-state index contributed by atoms with van der Waals surface area (Å²) in [7, 11) is 0. The number of hydrogen-bond donors (Lipinski definition) is 2. The molecule has 1 aliphatic heterocycles. The molecule has 1 unspecified atom stereocenters. The Bertz CT molecular complexity index is 614. The van der Waals surface area contributed by atoms with E-state index in [0.717, 1.165) is 34.0 Å². The molecular formula is C13H13BrN2O. The first-order valence-electron chi connectivity index (χ1n) is 5.80. The van der Waals surface area contributed by atoms with Crippen LogP contribution in [-0.2, 0) is 0 Å². The van der Waals surface area contributed by atoms with Crippen molar-refractivity contribution in [1.29, 1.82) is 0 Å². The van der Waals surface area contributed by atoms with Gasteiger partial charge in [0.2, 0.25) is 0 Å². The summed E-state index contributed by atoms with van der Waals surface area (Å²) >= 11 is 3.39. The third kappa shape index (κ3) is 2.03. The highest BCUT2D eigenvalue weighted by molar-refractivity contribution is 9.10. The summed E-state index contributed by atoms with van der Waals surface area (Å²) < 4.78 is 0.933. The second-order valence-electron chi connectivity index (χ2n) is 4.43. The average molecular weight is 293 g/mol. The maximum atomic E-state index is 12.0. The molecule has 0 radical (unpaired) electrons. The van der Waals surface area contributed by atoms with Crippen LogP contribution in [0.15, 0.2) is 33.5 Å². The number of halogens is 1. The van der Waals surface area contributed by atoms with Crippen molar-refractivity contribution in [2.45, 2.75) is 18.9 Å². The van der Waals surface area contributed by atoms with Gasteiger partial charge in [-0.15, -0.1) is 0 Å². The molecule has 1 fully saturated rings. The van der Waals surface area contributed by atoms with E-state index in [9.17, 15) is 4.79 Å². The molecule has 2 aromatic rings. The van der Waals surface area contributed by atoms with Gasteiger partial charge in [0.25, 0.3) is 0 Å². The predicted octanol–water partition coefficient (Wildman–Crippen LogP) is 2.72. The van der Waals surface area contributed by atoms with Crippen LogP contribution in [-0.4, -0.2) is 11.5 Å². The molecular weight excluding hydrogens is 280 g/mol. The van der Waals surface area contributed by atoms with E-state index in [1.807, 2.05) is 18.2 Å². The lowest BCUT2D eigenvalue weighted by Gasteiger charge is -2.11. The Morgan fingerprint density at radius 2 is 2.18 bits per heavy atom. The van der Waals surface area contributed by atoms with Crippen molar-refractivity contribution in [3.05, 3.63) is 44.7 Å². The molecule has 1 aromatic heterocycles. The number of aromatic nitrogens is 1. The molecule has 0 bridgehead atoms. The highest BCUT2D eigenvalue weighted by atomic mass is 79.9. The van der Waals surface area contributed by atoms with Gasteiger partial charge in [-0.25, -0.2) is 0 Å². The fraction of sp³-hybridized carbons (Fsp3) is 0.308. The summed E-state index contributed by atoms with van der Waals surface area (Å²) in [5, 5.41) is 4.13. The first-order valence-corrected chi connectivity index (χ1v) is 6.59. The molecule has 1 aliphatic rings. The van der Waals surface area contributed by atoms with Crippen LogP contribution in [0.4, 0.5) is 0 Å². The van der Waals surface area contributed by atoms with E-state index in [-0.39, 0.29) is 5.43 Å². The maximum Gasteiger partial charge on any atom is 0.189 e. The molecule has 0 spiro atoms. The molecule has 1 aromatic carbocycles. The number of hydrogen-bond acceptors (Lipinski definition) is 2. The van der Waals surface area contributed by atoms with Crippen molar-refractivity contribution in [2.75, 3.05) is 6.54 Å². The van der Waals surface area contributed by atoms with Crippen LogP contribution in [0, 0.1) is 0 Å². The Kier molecular flexibility index (Phi) is 2.76. The zero-order valence-corrected chi connectivity index (χ0v) is 10.9. The van der Waals surface area contributed by atoms with Gasteiger partial charge in [0, 0.05) is 33.2 Å². The Balaban J connectivity index is 2.17. The maximum absolute atomic E-state index is 12.0. The van der Waals surface area contributed by atoms with E-state index in [2.05, 4.69) is 26.2 Å². The quantitative estimate of drug-likeness (QED) is 0.849. The first kappa shape index (κ1) is 11.0. The average Bonchev–Trinajstić information content (AvgIpc) is 2.83. The van der Waals surface area contributed by atoms with Gasteiger partial charge in [-0.1, -0.05) is 15.9 Å². The molecule has 1 saturated heterocycles. The Labute approximate surface area is 107 Å². The summed E-state index contributed by atoms with van der Waals surface area (Å²) in [5.41, 5.74) is 2.00. The molecule has 0 saturated carbocycles. The minimum atomic E-state index is 0.0868. The van der Waals surface area contributed by atoms with Crippen LogP contribution >= 0.6 is 15.9 Å². The minimum Gasteiger partial charge on any atom is -0.357 e. The number of aromatic amines is 1. The molecule has 3 rings (SSSR count). The third-order valence-electron chi connectivity index (χ3n) is 3.25. The molecule has 88 valence electrons. The van der Waals surface area contributed by atoms with E-state index in [1.54, 1.807) is 6.07 Å². The second-order valence-corrected chi connectivity index (χ2v) is 5.34. The molecule has 1 atom stereocenters. The third-order valence-corrected chi connectivity index (χ3v) is 3.74. The van der Waals surface area contributed by atoms with Gasteiger partial charge in [0.15, 0.2) is 5.43 Å². The Morgan fingerprint density at radius 3 is 2.94 bits per heavy atom. The lowest BCUT2D eigenvalue weighted by Crippen LogP contribution is -2.17. The molecule has 17 heavy (non-hydrogen) atoms. The van der Waals surface area contributed by atoms with Gasteiger partial charge in [-0.05, 0) is 37.6 Å². The number of fused-ring (bicyclic) bond motifs is 1. The normalized spacial score (nSPS) is 19.9. The van der Waals surface area contributed by atoms with Gasteiger partial charge in [0.1, 0.15) is 0 Å². The highest BCUT2D eigenvalue weighted by Gasteiger charge is 2.17. The van der Waals surface area contributed by atoms with Crippen molar-refractivity contribution >= 4 is 26.8 Å². The van der Waals surface area contributed by atoms with Crippen LogP contribution in [0.25, 0.3) is 10.9 Å². The minimum absolute atomic E-state index is 0.0868. The summed E-state index contributed by atoms with van der Waals surface area (Å²) in [4.78, 5) is 15.4. The molecule has 3 nitrogen and oxygen atoms in total. The second kappa shape index (κ2) is 4.27. The highest BCUT2D eigenvalue weighted by Crippen LogP contribution is 2.22. The molecule has 2 N–H and O–H groups in total. The number of benzene rings is 1. The number of pyridine rings is 1. The largest absolute Gasteiger partial charge is 0.357 e. The Morgan fingerprint density at radius 1 is 1.29 bits per heavy atom. The van der Waals surface area contributed by atoms with Gasteiger partial charge in [0.05, 0.1) is 0 Å². The van der Waals surface area contributed by atoms with E-state index in [0.29, 0.717) is 6.04 Å². The van der Waals surface area contributed by atoms with E-state index < -0.39 is 0 Å². The fourth-order valence-corrected chi connectivity index (χ4v) is 2.74. The number of H-pyrrole nitrogens is 1. The summed E-state index contributed by atoms with van der Waals surface area (Å²) in [6.07, 6.45) is 2.27. The van der Waals surface area contributed by atoms with Gasteiger partial charge >= 0.3 is 0 Å². The van der Waals surface area contributed by atoms with E-state index >= 15 is 0 Å². The topological polar surface area (TPSA) is 44.9 Å². The van der Waals surface area contributed by atoms with Crippen molar-refractivity contribution in [1.82, 2.24) is 10.3 Å². The van der Waals surface area contributed by atoms with Gasteiger partial charge < -0.3 is 10.3 Å². The van der Waals surface area contributed by atoms with Crippen LogP contribution in [0.1, 0.15) is 24.6 Å². The van der Waals surface area contributed by atoms with E-state index in [1.165, 1.54) is 6.42 Å². The first-order chi connectivity index (χ1) is 8.24. The molecule has 4 heteroatoms. The van der Waals surface area contributed by atoms with Crippen molar-refractivity contribution in [3.63, 3.8) is 0 Å². The van der Waals surface area contributed by atoms with Crippen molar-refractivity contribution in [3.8, 4) is 0 Å². The molecule has 0 aliphatic carbocycles. The summed E-state index contributed by atoms with van der Waals surface area (Å²) in [6, 6.07) is 7.78. The SMILES string of the molecule is O=c1cc(C2CCCN2)[nH]c2ccc(Br)cc12. The van der Waals surface area contributed by atoms with Crippen LogP contribution in [0.5, 0.6) is 0 Å². The fourth-order valence-electron chi connectivity index (χ4n) is 2.38. The molecule has 2 heterocycles. The van der Waals surface area contributed by atoms with Crippen molar-refractivity contribution in [2.24, 2.45) is 0 Å².